The second-order valence-corrected chi connectivity index (χ2v) is 10.5. The number of benzene rings is 1. The molecule has 164 valence electrons. The lowest BCUT2D eigenvalue weighted by Crippen LogP contribution is -2.22. The van der Waals surface area contributed by atoms with E-state index in [-0.39, 0.29) is 10.2 Å². The number of hydrogen-bond donors (Lipinski definition) is 2. The van der Waals surface area contributed by atoms with E-state index < -0.39 is 10.0 Å². The predicted molar refractivity (Wildman–Crippen MR) is 130 cm³/mol. The van der Waals surface area contributed by atoms with Crippen molar-refractivity contribution in [1.29, 1.82) is 0 Å². The normalized spacial score (nSPS) is 12.2. The van der Waals surface area contributed by atoms with Crippen LogP contribution in [-0.2, 0) is 10.0 Å². The second-order valence-electron chi connectivity index (χ2n) is 6.62. The zero-order valence-electron chi connectivity index (χ0n) is 17.1. The SMILES string of the molecule is CSc1nccc(-c2ccc(S(=O)(=O)n3cc(/C(C)=N\N=C(N)N)c4ccccc43)s2)n1. The third-order valence-electron chi connectivity index (χ3n) is 4.55. The standard InChI is InChI=1S/C20H19N7O2S3/c1-12(25-26-19(21)22)14-11-27(16-6-4-3-5-13(14)16)32(28,29)18-8-7-17(31-18)15-9-10-23-20(24-15)30-2/h3-11H,1-2H3,(H4,21,22,26)/b25-12-. The molecule has 1 aromatic carbocycles. The van der Waals surface area contributed by atoms with Gasteiger partial charge in [0.2, 0.25) is 5.96 Å². The molecule has 4 N–H and O–H groups in total. The van der Waals surface area contributed by atoms with Crippen LogP contribution in [0.4, 0.5) is 0 Å². The van der Waals surface area contributed by atoms with Gasteiger partial charge in [-0.15, -0.1) is 16.4 Å². The van der Waals surface area contributed by atoms with Crippen LogP contribution in [0.15, 0.2) is 74.4 Å². The Morgan fingerprint density at radius 2 is 1.91 bits per heavy atom. The Bertz CT molecular complexity index is 1470. The Labute approximate surface area is 193 Å². The maximum Gasteiger partial charge on any atom is 0.277 e. The lowest BCUT2D eigenvalue weighted by molar-refractivity contribution is 0.591. The van der Waals surface area contributed by atoms with E-state index >= 15 is 0 Å². The van der Waals surface area contributed by atoms with E-state index in [1.165, 1.54) is 21.9 Å². The Morgan fingerprint density at radius 3 is 2.66 bits per heavy atom. The number of nitrogens with two attached hydrogens (primary N) is 2. The third-order valence-corrected chi connectivity index (χ3v) is 8.36. The average molecular weight is 486 g/mol. The maximum absolute atomic E-state index is 13.5. The van der Waals surface area contributed by atoms with Gasteiger partial charge in [0.25, 0.3) is 10.0 Å². The molecule has 0 unspecified atom stereocenters. The number of fused-ring (bicyclic) bond motifs is 1. The summed E-state index contributed by atoms with van der Waals surface area (Å²) in [5.41, 5.74) is 13.0. The van der Waals surface area contributed by atoms with Crippen LogP contribution in [0.25, 0.3) is 21.5 Å². The molecule has 0 atom stereocenters. The summed E-state index contributed by atoms with van der Waals surface area (Å²) in [6.45, 7) is 1.72. The maximum atomic E-state index is 13.5. The fourth-order valence-electron chi connectivity index (χ4n) is 3.09. The topological polar surface area (TPSA) is 142 Å². The molecule has 0 fully saturated rings. The minimum absolute atomic E-state index is 0.179. The lowest BCUT2D eigenvalue weighted by atomic mass is 10.1. The van der Waals surface area contributed by atoms with Gasteiger partial charge in [0, 0.05) is 23.3 Å². The summed E-state index contributed by atoms with van der Waals surface area (Å²) < 4.78 is 28.5. The molecule has 12 heteroatoms. The van der Waals surface area contributed by atoms with Crippen molar-refractivity contribution < 1.29 is 8.42 Å². The minimum Gasteiger partial charge on any atom is -0.369 e. The van der Waals surface area contributed by atoms with Gasteiger partial charge in [-0.25, -0.2) is 13.9 Å². The summed E-state index contributed by atoms with van der Waals surface area (Å²) in [6, 6.07) is 12.3. The number of rotatable bonds is 6. The molecule has 32 heavy (non-hydrogen) atoms. The van der Waals surface area contributed by atoms with Crippen LogP contribution >= 0.6 is 23.1 Å². The first-order valence-electron chi connectivity index (χ1n) is 9.27. The van der Waals surface area contributed by atoms with Crippen molar-refractivity contribution in [2.75, 3.05) is 6.26 Å². The quantitative estimate of drug-likeness (QED) is 0.140. The van der Waals surface area contributed by atoms with Crippen molar-refractivity contribution in [3.63, 3.8) is 0 Å². The van der Waals surface area contributed by atoms with Gasteiger partial charge < -0.3 is 11.5 Å². The van der Waals surface area contributed by atoms with Gasteiger partial charge in [-0.3, -0.25) is 0 Å². The first-order valence-corrected chi connectivity index (χ1v) is 12.8. The zero-order chi connectivity index (χ0) is 22.9. The van der Waals surface area contributed by atoms with Crippen LogP contribution in [0.3, 0.4) is 0 Å². The van der Waals surface area contributed by atoms with Crippen LogP contribution in [0.2, 0.25) is 0 Å². The van der Waals surface area contributed by atoms with E-state index in [1.807, 2.05) is 18.4 Å². The predicted octanol–water partition coefficient (Wildman–Crippen LogP) is 3.12. The summed E-state index contributed by atoms with van der Waals surface area (Å²) in [5, 5.41) is 9.03. The molecule has 0 aliphatic carbocycles. The van der Waals surface area contributed by atoms with E-state index in [2.05, 4.69) is 20.2 Å². The molecule has 0 spiro atoms. The highest BCUT2D eigenvalue weighted by atomic mass is 32.2. The molecular formula is C20H19N7O2S3. The molecule has 4 aromatic rings. The fraction of sp³-hybridized carbons (Fsp3) is 0.100. The Morgan fingerprint density at radius 1 is 1.12 bits per heavy atom. The second kappa shape index (κ2) is 8.73. The highest BCUT2D eigenvalue weighted by Crippen LogP contribution is 2.33. The summed E-state index contributed by atoms with van der Waals surface area (Å²) in [7, 11) is -3.87. The molecule has 0 bridgehead atoms. The number of aromatic nitrogens is 3. The molecule has 0 radical (unpaired) electrons. The van der Waals surface area contributed by atoms with Crippen molar-refractivity contribution in [1.82, 2.24) is 13.9 Å². The van der Waals surface area contributed by atoms with E-state index in [0.29, 0.717) is 27.6 Å². The summed E-state index contributed by atoms with van der Waals surface area (Å²) in [5.74, 6) is -0.179. The van der Waals surface area contributed by atoms with Gasteiger partial charge >= 0.3 is 0 Å². The summed E-state index contributed by atoms with van der Waals surface area (Å²) in [4.78, 5) is 9.36. The number of thioether (sulfide) groups is 1. The highest BCUT2D eigenvalue weighted by Gasteiger charge is 2.24. The van der Waals surface area contributed by atoms with E-state index in [4.69, 9.17) is 11.5 Å². The van der Waals surface area contributed by atoms with Crippen molar-refractivity contribution in [2.24, 2.45) is 21.7 Å². The van der Waals surface area contributed by atoms with Crippen LogP contribution < -0.4 is 11.5 Å². The minimum atomic E-state index is -3.87. The summed E-state index contributed by atoms with van der Waals surface area (Å²) in [6.07, 6.45) is 5.08. The Hall–Kier alpha value is -3.22. The van der Waals surface area contributed by atoms with Crippen molar-refractivity contribution in [3.8, 4) is 10.6 Å². The van der Waals surface area contributed by atoms with Crippen molar-refractivity contribution >= 4 is 55.7 Å². The van der Waals surface area contributed by atoms with Gasteiger partial charge in [0.1, 0.15) is 4.21 Å². The van der Waals surface area contributed by atoms with Crippen LogP contribution in [0.5, 0.6) is 0 Å². The molecule has 0 aliphatic rings. The number of nitrogens with zero attached hydrogens (tertiary/aromatic N) is 5. The Balaban J connectivity index is 1.82. The average Bonchev–Trinajstić information content (AvgIpc) is 3.44. The van der Waals surface area contributed by atoms with Gasteiger partial charge in [-0.2, -0.15) is 13.5 Å². The third kappa shape index (κ3) is 4.11. The molecule has 3 heterocycles. The molecule has 0 aliphatic heterocycles. The van der Waals surface area contributed by atoms with Gasteiger partial charge in [-0.05, 0) is 37.4 Å². The number of guanidine groups is 1. The first-order chi connectivity index (χ1) is 15.3. The van der Waals surface area contributed by atoms with E-state index in [1.54, 1.807) is 43.5 Å². The van der Waals surface area contributed by atoms with E-state index in [9.17, 15) is 8.42 Å². The molecular weight excluding hydrogens is 466 g/mol. The number of para-hydroxylation sites is 1. The highest BCUT2D eigenvalue weighted by molar-refractivity contribution is 7.98. The number of hydrogen-bond acceptors (Lipinski definition) is 8. The van der Waals surface area contributed by atoms with E-state index in [0.717, 1.165) is 21.6 Å². The van der Waals surface area contributed by atoms with Crippen molar-refractivity contribution in [2.45, 2.75) is 16.3 Å². The Kier molecular flexibility index (Phi) is 6.00. The fourth-order valence-corrected chi connectivity index (χ4v) is 6.18. The first kappa shape index (κ1) is 22.0. The van der Waals surface area contributed by atoms with Crippen LogP contribution in [-0.4, -0.2) is 40.3 Å². The monoisotopic (exact) mass is 485 g/mol. The van der Waals surface area contributed by atoms with Gasteiger partial charge in [0.15, 0.2) is 5.16 Å². The largest absolute Gasteiger partial charge is 0.369 e. The zero-order valence-corrected chi connectivity index (χ0v) is 19.6. The van der Waals surface area contributed by atoms with Crippen molar-refractivity contribution in [3.05, 3.63) is 60.4 Å². The lowest BCUT2D eigenvalue weighted by Gasteiger charge is -2.05. The van der Waals surface area contributed by atoms with Gasteiger partial charge in [0.05, 0.1) is 21.8 Å². The molecule has 0 saturated heterocycles. The molecule has 3 aromatic heterocycles. The molecule has 9 nitrogen and oxygen atoms in total. The number of thiophene rings is 1. The van der Waals surface area contributed by atoms with Crippen LogP contribution in [0.1, 0.15) is 12.5 Å². The van der Waals surface area contributed by atoms with Crippen LogP contribution in [0, 0.1) is 0 Å². The molecule has 4 rings (SSSR count). The molecule has 0 amide bonds. The molecule has 0 saturated carbocycles. The van der Waals surface area contributed by atoms with Gasteiger partial charge in [-0.1, -0.05) is 30.0 Å². The summed E-state index contributed by atoms with van der Waals surface area (Å²) >= 11 is 2.58. The smallest absolute Gasteiger partial charge is 0.277 e.